The molecule has 0 saturated carbocycles. The van der Waals surface area contributed by atoms with Gasteiger partial charge in [-0.1, -0.05) is 17.7 Å². The SMILES string of the molecule is CNC(Cn1nc(C)nc1C)c1cc(C)ccc1OC. The van der Waals surface area contributed by atoms with Crippen LogP contribution in [0.3, 0.4) is 0 Å². The summed E-state index contributed by atoms with van der Waals surface area (Å²) >= 11 is 0. The van der Waals surface area contributed by atoms with E-state index in [1.807, 2.05) is 31.6 Å². The third-order valence-electron chi connectivity index (χ3n) is 3.43. The number of hydrogen-bond acceptors (Lipinski definition) is 4. The molecule has 0 aliphatic heterocycles. The molecule has 20 heavy (non-hydrogen) atoms. The molecule has 0 fully saturated rings. The van der Waals surface area contributed by atoms with Crippen LogP contribution in [0.25, 0.3) is 0 Å². The van der Waals surface area contributed by atoms with Crippen molar-refractivity contribution >= 4 is 0 Å². The average molecular weight is 274 g/mol. The highest BCUT2D eigenvalue weighted by Crippen LogP contribution is 2.27. The van der Waals surface area contributed by atoms with Crippen LogP contribution in [0.2, 0.25) is 0 Å². The van der Waals surface area contributed by atoms with Crippen molar-refractivity contribution in [2.24, 2.45) is 0 Å². The van der Waals surface area contributed by atoms with Gasteiger partial charge in [0.05, 0.1) is 19.7 Å². The summed E-state index contributed by atoms with van der Waals surface area (Å²) in [7, 11) is 3.65. The van der Waals surface area contributed by atoms with Gasteiger partial charge < -0.3 is 10.1 Å². The molecule has 108 valence electrons. The van der Waals surface area contributed by atoms with Crippen LogP contribution in [0.5, 0.6) is 5.75 Å². The van der Waals surface area contributed by atoms with Gasteiger partial charge in [0.2, 0.25) is 0 Å². The molecule has 1 N–H and O–H groups in total. The van der Waals surface area contributed by atoms with Crippen LogP contribution in [0.15, 0.2) is 18.2 Å². The van der Waals surface area contributed by atoms with Crippen LogP contribution in [0, 0.1) is 20.8 Å². The topological polar surface area (TPSA) is 52.0 Å². The minimum atomic E-state index is 0.129. The third-order valence-corrected chi connectivity index (χ3v) is 3.43. The number of aryl methyl sites for hydroxylation is 3. The second-order valence-electron chi connectivity index (χ2n) is 4.98. The van der Waals surface area contributed by atoms with Crippen molar-refractivity contribution < 1.29 is 4.74 Å². The number of nitrogens with zero attached hydrogens (tertiary/aromatic N) is 3. The van der Waals surface area contributed by atoms with Gasteiger partial charge in [0.15, 0.2) is 0 Å². The molecule has 0 saturated heterocycles. The van der Waals surface area contributed by atoms with E-state index in [9.17, 15) is 0 Å². The standard InChI is InChI=1S/C15H22N4O/c1-10-6-7-15(20-5)13(8-10)14(16-4)9-19-12(3)17-11(2)18-19/h6-8,14,16H,9H2,1-5H3. The Morgan fingerprint density at radius 3 is 2.60 bits per heavy atom. The van der Waals surface area contributed by atoms with Crippen molar-refractivity contribution in [1.29, 1.82) is 0 Å². The van der Waals surface area contributed by atoms with Crippen LogP contribution in [0.4, 0.5) is 0 Å². The molecule has 0 bridgehead atoms. The highest BCUT2D eigenvalue weighted by molar-refractivity contribution is 5.39. The Balaban J connectivity index is 2.33. The predicted molar refractivity (Wildman–Crippen MR) is 79.0 cm³/mol. The Morgan fingerprint density at radius 2 is 2.05 bits per heavy atom. The second-order valence-corrected chi connectivity index (χ2v) is 4.98. The number of likely N-dealkylation sites (N-methyl/N-ethyl adjacent to an activating group) is 1. The Hall–Kier alpha value is -1.88. The third kappa shape index (κ3) is 2.99. The Kier molecular flexibility index (Phi) is 4.39. The van der Waals surface area contributed by atoms with E-state index in [0.29, 0.717) is 0 Å². The first-order valence-corrected chi connectivity index (χ1v) is 6.75. The summed E-state index contributed by atoms with van der Waals surface area (Å²) in [5.74, 6) is 2.62. The average Bonchev–Trinajstić information content (AvgIpc) is 2.74. The van der Waals surface area contributed by atoms with E-state index < -0.39 is 0 Å². The van der Waals surface area contributed by atoms with E-state index in [1.165, 1.54) is 5.56 Å². The molecular weight excluding hydrogens is 252 g/mol. The molecule has 0 aliphatic rings. The quantitative estimate of drug-likeness (QED) is 0.908. The number of methoxy groups -OCH3 is 1. The maximum absolute atomic E-state index is 5.47. The number of nitrogens with one attached hydrogen (secondary N) is 1. The summed E-state index contributed by atoms with van der Waals surface area (Å²) < 4.78 is 7.40. The summed E-state index contributed by atoms with van der Waals surface area (Å²) in [6.45, 7) is 6.69. The van der Waals surface area contributed by atoms with Crippen LogP contribution in [0.1, 0.15) is 28.8 Å². The van der Waals surface area contributed by atoms with Crippen LogP contribution in [-0.4, -0.2) is 28.9 Å². The fraction of sp³-hybridized carbons (Fsp3) is 0.467. The van der Waals surface area contributed by atoms with E-state index in [2.05, 4.69) is 34.5 Å². The zero-order chi connectivity index (χ0) is 14.7. The van der Waals surface area contributed by atoms with Crippen molar-refractivity contribution in [3.05, 3.63) is 41.0 Å². The maximum atomic E-state index is 5.47. The largest absolute Gasteiger partial charge is 0.496 e. The van der Waals surface area contributed by atoms with Crippen molar-refractivity contribution in [3.8, 4) is 5.75 Å². The maximum Gasteiger partial charge on any atom is 0.147 e. The molecule has 0 aliphatic carbocycles. The van der Waals surface area contributed by atoms with Gasteiger partial charge in [-0.2, -0.15) is 5.10 Å². The molecule has 5 nitrogen and oxygen atoms in total. The van der Waals surface area contributed by atoms with Gasteiger partial charge >= 0.3 is 0 Å². The number of aromatic nitrogens is 3. The number of benzene rings is 1. The zero-order valence-electron chi connectivity index (χ0n) is 12.8. The molecule has 1 aromatic heterocycles. The lowest BCUT2D eigenvalue weighted by molar-refractivity contribution is 0.389. The predicted octanol–water partition coefficient (Wildman–Crippen LogP) is 2.17. The van der Waals surface area contributed by atoms with Crippen LogP contribution < -0.4 is 10.1 Å². The van der Waals surface area contributed by atoms with Crippen molar-refractivity contribution in [1.82, 2.24) is 20.1 Å². The molecule has 0 amide bonds. The number of hydrogen-bond donors (Lipinski definition) is 1. The minimum Gasteiger partial charge on any atom is -0.496 e. The Labute approximate surface area is 120 Å². The first-order chi connectivity index (χ1) is 9.55. The summed E-state index contributed by atoms with van der Waals surface area (Å²) in [6.07, 6.45) is 0. The monoisotopic (exact) mass is 274 g/mol. The van der Waals surface area contributed by atoms with E-state index in [4.69, 9.17) is 4.74 Å². The molecule has 0 radical (unpaired) electrons. The molecular formula is C15H22N4O. The molecule has 2 rings (SSSR count). The smallest absolute Gasteiger partial charge is 0.147 e. The summed E-state index contributed by atoms with van der Waals surface area (Å²) in [4.78, 5) is 4.35. The van der Waals surface area contributed by atoms with Gasteiger partial charge in [-0.25, -0.2) is 9.67 Å². The second kappa shape index (κ2) is 6.05. The molecule has 5 heteroatoms. The highest BCUT2D eigenvalue weighted by atomic mass is 16.5. The van der Waals surface area contributed by atoms with E-state index >= 15 is 0 Å². The number of ether oxygens (including phenoxy) is 1. The Morgan fingerprint density at radius 1 is 1.30 bits per heavy atom. The lowest BCUT2D eigenvalue weighted by Crippen LogP contribution is -2.24. The Bertz CT molecular complexity index is 592. The fourth-order valence-electron chi connectivity index (χ4n) is 2.38. The minimum absolute atomic E-state index is 0.129. The molecule has 1 atom stereocenters. The van der Waals surface area contributed by atoms with Crippen LogP contribution in [-0.2, 0) is 6.54 Å². The van der Waals surface area contributed by atoms with Crippen molar-refractivity contribution in [2.75, 3.05) is 14.2 Å². The van der Waals surface area contributed by atoms with Gasteiger partial charge in [0, 0.05) is 5.56 Å². The van der Waals surface area contributed by atoms with Crippen molar-refractivity contribution in [3.63, 3.8) is 0 Å². The summed E-state index contributed by atoms with van der Waals surface area (Å²) in [5.41, 5.74) is 2.36. The van der Waals surface area contributed by atoms with Gasteiger partial charge in [0.1, 0.15) is 17.4 Å². The first-order valence-electron chi connectivity index (χ1n) is 6.75. The lowest BCUT2D eigenvalue weighted by Gasteiger charge is -2.20. The fourth-order valence-corrected chi connectivity index (χ4v) is 2.38. The molecule has 1 aromatic carbocycles. The number of rotatable bonds is 5. The first kappa shape index (κ1) is 14.5. The molecule has 1 unspecified atom stereocenters. The van der Waals surface area contributed by atoms with E-state index in [0.717, 1.165) is 29.5 Å². The lowest BCUT2D eigenvalue weighted by atomic mass is 10.0. The van der Waals surface area contributed by atoms with Gasteiger partial charge in [-0.05, 0) is 33.9 Å². The zero-order valence-corrected chi connectivity index (χ0v) is 12.8. The van der Waals surface area contributed by atoms with Crippen LogP contribution >= 0.6 is 0 Å². The van der Waals surface area contributed by atoms with E-state index in [1.54, 1.807) is 7.11 Å². The normalized spacial score (nSPS) is 12.4. The van der Waals surface area contributed by atoms with Gasteiger partial charge in [0.25, 0.3) is 0 Å². The van der Waals surface area contributed by atoms with E-state index in [-0.39, 0.29) is 6.04 Å². The summed E-state index contributed by atoms with van der Waals surface area (Å²) in [5, 5.41) is 7.76. The summed E-state index contributed by atoms with van der Waals surface area (Å²) in [6, 6.07) is 6.35. The molecule has 0 spiro atoms. The van der Waals surface area contributed by atoms with Gasteiger partial charge in [-0.3, -0.25) is 0 Å². The molecule has 1 heterocycles. The van der Waals surface area contributed by atoms with Gasteiger partial charge in [-0.15, -0.1) is 0 Å². The highest BCUT2D eigenvalue weighted by Gasteiger charge is 2.17. The molecule has 2 aromatic rings. The van der Waals surface area contributed by atoms with Crippen molar-refractivity contribution in [2.45, 2.75) is 33.4 Å².